The van der Waals surface area contributed by atoms with Crippen molar-refractivity contribution >= 4 is 23.9 Å². The van der Waals surface area contributed by atoms with Gasteiger partial charge in [-0.1, -0.05) is 72.8 Å². The number of hydrogen-bond donors (Lipinski definition) is 0. The van der Waals surface area contributed by atoms with Gasteiger partial charge in [0.1, 0.15) is 12.7 Å². The maximum absolute atomic E-state index is 15.8. The van der Waals surface area contributed by atoms with Crippen LogP contribution in [0.4, 0.5) is 4.39 Å². The molecule has 0 aliphatic carbocycles. The minimum absolute atomic E-state index is 0.101. The minimum Gasteiger partial charge on any atom is -0.459 e. The van der Waals surface area contributed by atoms with Crippen LogP contribution in [0.5, 0.6) is 0 Å². The lowest BCUT2D eigenvalue weighted by Gasteiger charge is -2.42. The molecule has 1 saturated heterocycles. The maximum atomic E-state index is 15.8. The van der Waals surface area contributed by atoms with Gasteiger partial charge in [-0.3, -0.25) is 0 Å². The van der Waals surface area contributed by atoms with E-state index in [1.807, 2.05) is 0 Å². The predicted molar refractivity (Wildman–Crippen MR) is 153 cm³/mol. The molecule has 0 bridgehead atoms. The Kier molecular flexibility index (Phi) is 9.73. The van der Waals surface area contributed by atoms with Crippen molar-refractivity contribution in [2.45, 2.75) is 30.8 Å². The molecular weight excluding hydrogens is 571 g/mol. The number of hydrogen-bond acceptors (Lipinski definition) is 9. The van der Waals surface area contributed by atoms with E-state index in [-0.39, 0.29) is 22.3 Å². The highest BCUT2D eigenvalue weighted by molar-refractivity contribution is 5.91. The molecule has 9 nitrogen and oxygen atoms in total. The summed E-state index contributed by atoms with van der Waals surface area (Å²) in [5, 5.41) is 0. The molecule has 10 heteroatoms. The Balaban J connectivity index is 1.48. The van der Waals surface area contributed by atoms with Crippen LogP contribution in [0.25, 0.3) is 0 Å². The summed E-state index contributed by atoms with van der Waals surface area (Å²) in [7, 11) is 0. The molecule has 1 aliphatic heterocycles. The third-order valence-electron chi connectivity index (χ3n) is 6.72. The van der Waals surface area contributed by atoms with Crippen LogP contribution in [0.15, 0.2) is 121 Å². The van der Waals surface area contributed by atoms with Crippen LogP contribution in [-0.2, 0) is 23.7 Å². The van der Waals surface area contributed by atoms with Gasteiger partial charge in [-0.2, -0.15) is 0 Å². The molecule has 0 spiro atoms. The molecule has 0 radical (unpaired) electrons. The molecule has 4 aromatic rings. The van der Waals surface area contributed by atoms with Gasteiger partial charge in [0.2, 0.25) is 6.36 Å². The molecule has 44 heavy (non-hydrogen) atoms. The van der Waals surface area contributed by atoms with Crippen molar-refractivity contribution in [2.24, 2.45) is 0 Å². The third kappa shape index (κ3) is 7.34. The first kappa shape index (κ1) is 30.1. The number of carbonyl (C=O) groups is 4. The second-order valence-corrected chi connectivity index (χ2v) is 9.70. The number of halogens is 1. The first-order chi connectivity index (χ1) is 21.4. The molecule has 0 amide bonds. The van der Waals surface area contributed by atoms with E-state index in [0.717, 1.165) is 0 Å². The lowest BCUT2D eigenvalue weighted by Crippen LogP contribution is -2.61. The quantitative estimate of drug-likeness (QED) is 0.189. The van der Waals surface area contributed by atoms with Gasteiger partial charge >= 0.3 is 23.9 Å². The Labute approximate surface area is 252 Å². The number of rotatable bonds is 9. The average molecular weight is 599 g/mol. The summed E-state index contributed by atoms with van der Waals surface area (Å²) in [6.45, 7) is -0.584. The van der Waals surface area contributed by atoms with Crippen molar-refractivity contribution in [1.82, 2.24) is 0 Å². The van der Waals surface area contributed by atoms with Crippen LogP contribution >= 0.6 is 0 Å². The SMILES string of the molecule is O=C(OC[C@H]1O[C@H](F)[C@@H](OC(=O)c2ccccc2)[C@@H](OC(=O)c2ccccc2)[C@@H]1OC(=O)c1ccccc1)c1ccccc1. The van der Waals surface area contributed by atoms with Gasteiger partial charge in [0, 0.05) is 0 Å². The standard InChI is InChI=1S/C34H27FO9/c35-30-29(44-34(39)25-19-11-4-12-20-25)28(43-33(38)24-17-9-3-10-18-24)27(42-32(37)23-15-7-2-8-16-23)26(41-30)21-40-31(36)22-13-5-1-6-14-22/h1-20,26-30H,21H2/t26-,27-,28+,29+,30+/m1/s1. The Hall–Kier alpha value is -5.35. The van der Waals surface area contributed by atoms with E-state index in [9.17, 15) is 19.2 Å². The van der Waals surface area contributed by atoms with Gasteiger partial charge in [0.05, 0.1) is 22.3 Å². The van der Waals surface area contributed by atoms with E-state index in [4.69, 9.17) is 23.7 Å². The largest absolute Gasteiger partial charge is 0.459 e. The highest BCUT2D eigenvalue weighted by atomic mass is 19.1. The van der Waals surface area contributed by atoms with E-state index in [1.54, 1.807) is 72.8 Å². The Morgan fingerprint density at radius 1 is 0.500 bits per heavy atom. The zero-order valence-corrected chi connectivity index (χ0v) is 23.2. The lowest BCUT2D eigenvalue weighted by molar-refractivity contribution is -0.261. The summed E-state index contributed by atoms with van der Waals surface area (Å²) >= 11 is 0. The fraction of sp³-hybridized carbons (Fsp3) is 0.176. The van der Waals surface area contributed by atoms with Crippen LogP contribution in [-0.4, -0.2) is 61.3 Å². The molecule has 1 aliphatic rings. The number of alkyl halides is 1. The molecule has 5 rings (SSSR count). The summed E-state index contributed by atoms with van der Waals surface area (Å²) in [4.78, 5) is 52.1. The van der Waals surface area contributed by atoms with Gasteiger partial charge in [-0.25, -0.2) is 23.6 Å². The number of benzene rings is 4. The molecule has 5 atom stereocenters. The number of carbonyl (C=O) groups excluding carboxylic acids is 4. The maximum Gasteiger partial charge on any atom is 0.338 e. The number of esters is 4. The summed E-state index contributed by atoms with van der Waals surface area (Å²) < 4.78 is 43.6. The molecule has 0 N–H and O–H groups in total. The van der Waals surface area contributed by atoms with Crippen LogP contribution in [0.1, 0.15) is 41.4 Å². The summed E-state index contributed by atoms with van der Waals surface area (Å²) in [6.07, 6.45) is -8.94. The molecule has 0 saturated carbocycles. The van der Waals surface area contributed by atoms with Gasteiger partial charge in [-0.15, -0.1) is 0 Å². The lowest BCUT2D eigenvalue weighted by atomic mass is 9.98. The molecule has 1 heterocycles. The first-order valence-corrected chi connectivity index (χ1v) is 13.7. The smallest absolute Gasteiger partial charge is 0.338 e. The van der Waals surface area contributed by atoms with Crippen LogP contribution in [0.2, 0.25) is 0 Å². The zero-order valence-electron chi connectivity index (χ0n) is 23.2. The van der Waals surface area contributed by atoms with E-state index >= 15 is 4.39 Å². The Morgan fingerprint density at radius 2 is 0.841 bits per heavy atom. The average Bonchev–Trinajstić information content (AvgIpc) is 3.07. The monoisotopic (exact) mass is 598 g/mol. The second-order valence-electron chi connectivity index (χ2n) is 9.70. The molecule has 224 valence electrons. The molecule has 0 unspecified atom stereocenters. The van der Waals surface area contributed by atoms with Crippen LogP contribution < -0.4 is 0 Å². The Bertz CT molecular complexity index is 1570. The highest BCUT2D eigenvalue weighted by Gasteiger charge is 2.53. The van der Waals surface area contributed by atoms with E-state index < -0.39 is 61.3 Å². The molecule has 4 aromatic carbocycles. The third-order valence-corrected chi connectivity index (χ3v) is 6.72. The van der Waals surface area contributed by atoms with Gasteiger partial charge in [-0.05, 0) is 48.5 Å². The van der Waals surface area contributed by atoms with Crippen molar-refractivity contribution < 1.29 is 47.3 Å². The normalized spacial score (nSPS) is 21.0. The predicted octanol–water partition coefficient (Wildman–Crippen LogP) is 5.21. The van der Waals surface area contributed by atoms with Crippen LogP contribution in [0, 0.1) is 0 Å². The van der Waals surface area contributed by atoms with Gasteiger partial charge in [0.15, 0.2) is 18.3 Å². The molecular formula is C34H27FO9. The number of ether oxygens (including phenoxy) is 5. The van der Waals surface area contributed by atoms with Crippen molar-refractivity contribution in [1.29, 1.82) is 0 Å². The van der Waals surface area contributed by atoms with Crippen molar-refractivity contribution in [3.05, 3.63) is 144 Å². The summed E-state index contributed by atoms with van der Waals surface area (Å²) in [5.41, 5.74) is 0.577. The van der Waals surface area contributed by atoms with E-state index in [0.29, 0.717) is 0 Å². The molecule has 1 fully saturated rings. The van der Waals surface area contributed by atoms with Crippen molar-refractivity contribution in [3.63, 3.8) is 0 Å². The van der Waals surface area contributed by atoms with Gasteiger partial charge in [0.25, 0.3) is 0 Å². The minimum atomic E-state index is -2.36. The second kappa shape index (κ2) is 14.2. The zero-order chi connectivity index (χ0) is 30.9. The van der Waals surface area contributed by atoms with Gasteiger partial charge < -0.3 is 23.7 Å². The van der Waals surface area contributed by atoms with Crippen molar-refractivity contribution in [2.75, 3.05) is 6.61 Å². The fourth-order valence-corrected chi connectivity index (χ4v) is 4.51. The Morgan fingerprint density at radius 3 is 1.25 bits per heavy atom. The summed E-state index contributed by atoms with van der Waals surface area (Å²) in [5.74, 6) is -3.42. The fourth-order valence-electron chi connectivity index (χ4n) is 4.51. The van der Waals surface area contributed by atoms with Crippen LogP contribution in [0.3, 0.4) is 0 Å². The first-order valence-electron chi connectivity index (χ1n) is 13.7. The van der Waals surface area contributed by atoms with Crippen molar-refractivity contribution in [3.8, 4) is 0 Å². The summed E-state index contributed by atoms with van der Waals surface area (Å²) in [6, 6.07) is 31.6. The highest BCUT2D eigenvalue weighted by Crippen LogP contribution is 2.31. The molecule has 0 aromatic heterocycles. The topological polar surface area (TPSA) is 114 Å². The van der Waals surface area contributed by atoms with E-state index in [1.165, 1.54) is 48.5 Å². The van der Waals surface area contributed by atoms with E-state index in [2.05, 4.69) is 0 Å².